The Kier molecular flexibility index (Phi) is 2.45. The van der Waals surface area contributed by atoms with E-state index in [9.17, 15) is 4.79 Å². The summed E-state index contributed by atoms with van der Waals surface area (Å²) < 4.78 is 1.54. The number of nitrogens with two attached hydrogens (primary N) is 1. The fraction of sp³-hybridized carbons (Fsp3) is 0.400. The Bertz CT molecular complexity index is 400. The summed E-state index contributed by atoms with van der Waals surface area (Å²) in [7, 11) is 1.74. The largest absolute Gasteiger partial charge is 0.396 e. The highest BCUT2D eigenvalue weighted by molar-refractivity contribution is 5.97. The summed E-state index contributed by atoms with van der Waals surface area (Å²) in [5, 5.41) is 6.90. The van der Waals surface area contributed by atoms with E-state index < -0.39 is 0 Å². The maximum absolute atomic E-state index is 11.7. The molecule has 5 nitrogen and oxygen atoms in total. The predicted octanol–water partition coefficient (Wildman–Crippen LogP) is 0.451. The molecular formula is C10H14N4O. The smallest absolute Gasteiger partial charge is 0.274 e. The number of carbonyl (C=O) groups excluding carboxylic acids is 1. The predicted molar refractivity (Wildman–Crippen MR) is 57.2 cm³/mol. The monoisotopic (exact) mass is 206 g/mol. The summed E-state index contributed by atoms with van der Waals surface area (Å²) in [6.45, 7) is 0. The van der Waals surface area contributed by atoms with Crippen molar-refractivity contribution in [2.75, 3.05) is 5.73 Å². The Morgan fingerprint density at radius 3 is 2.80 bits per heavy atom. The standard InChI is InChI=1S/C10H14N4O/c1-14-6-8(11)9(13-14)10(15)12-7-4-2-3-5-7/h2-3,6-7H,4-5,11H2,1H3,(H,12,15). The normalized spacial score (nSPS) is 15.8. The minimum Gasteiger partial charge on any atom is -0.396 e. The lowest BCUT2D eigenvalue weighted by atomic mass is 10.2. The van der Waals surface area contributed by atoms with E-state index in [1.807, 2.05) is 0 Å². The zero-order chi connectivity index (χ0) is 10.8. The maximum Gasteiger partial charge on any atom is 0.274 e. The zero-order valence-corrected chi connectivity index (χ0v) is 8.60. The molecule has 1 aromatic heterocycles. The molecule has 1 heterocycles. The van der Waals surface area contributed by atoms with Gasteiger partial charge in [0.1, 0.15) is 0 Å². The van der Waals surface area contributed by atoms with Crippen LogP contribution in [0, 0.1) is 0 Å². The number of aryl methyl sites for hydroxylation is 1. The van der Waals surface area contributed by atoms with Crippen molar-refractivity contribution in [3.63, 3.8) is 0 Å². The number of hydrogen-bond donors (Lipinski definition) is 2. The first-order valence-electron chi connectivity index (χ1n) is 4.92. The van der Waals surface area contributed by atoms with Gasteiger partial charge < -0.3 is 11.1 Å². The summed E-state index contributed by atoms with van der Waals surface area (Å²) in [5.41, 5.74) is 6.38. The molecule has 0 saturated heterocycles. The van der Waals surface area contributed by atoms with Crippen LogP contribution < -0.4 is 11.1 Å². The quantitative estimate of drug-likeness (QED) is 0.690. The van der Waals surface area contributed by atoms with E-state index in [-0.39, 0.29) is 11.9 Å². The molecule has 3 N–H and O–H groups in total. The van der Waals surface area contributed by atoms with Crippen LogP contribution in [0.2, 0.25) is 0 Å². The number of nitrogens with zero attached hydrogens (tertiary/aromatic N) is 2. The van der Waals surface area contributed by atoms with Gasteiger partial charge in [0, 0.05) is 19.3 Å². The van der Waals surface area contributed by atoms with Gasteiger partial charge in [-0.1, -0.05) is 12.2 Å². The van der Waals surface area contributed by atoms with Crippen molar-refractivity contribution in [2.24, 2.45) is 7.05 Å². The molecule has 0 aromatic carbocycles. The molecule has 0 spiro atoms. The molecule has 1 aliphatic rings. The van der Waals surface area contributed by atoms with Crippen LogP contribution in [0.1, 0.15) is 23.3 Å². The SMILES string of the molecule is Cn1cc(N)c(C(=O)NC2CC=CC2)n1. The van der Waals surface area contributed by atoms with Crippen molar-refractivity contribution >= 4 is 11.6 Å². The Labute approximate surface area is 87.9 Å². The van der Waals surface area contributed by atoms with Gasteiger partial charge in [-0.15, -0.1) is 0 Å². The number of anilines is 1. The number of amides is 1. The van der Waals surface area contributed by atoms with Gasteiger partial charge in [-0.25, -0.2) is 0 Å². The highest BCUT2D eigenvalue weighted by Crippen LogP contribution is 2.12. The zero-order valence-electron chi connectivity index (χ0n) is 8.60. The van der Waals surface area contributed by atoms with Crippen molar-refractivity contribution in [3.8, 4) is 0 Å². The van der Waals surface area contributed by atoms with Gasteiger partial charge in [-0.2, -0.15) is 5.10 Å². The molecule has 0 bridgehead atoms. The van der Waals surface area contributed by atoms with Gasteiger partial charge in [0.05, 0.1) is 5.69 Å². The molecule has 0 unspecified atom stereocenters. The molecule has 0 saturated carbocycles. The van der Waals surface area contributed by atoms with Crippen molar-refractivity contribution in [1.29, 1.82) is 0 Å². The van der Waals surface area contributed by atoms with Crippen LogP contribution in [0.5, 0.6) is 0 Å². The highest BCUT2D eigenvalue weighted by atomic mass is 16.2. The average molecular weight is 206 g/mol. The van der Waals surface area contributed by atoms with Crippen LogP contribution in [0.15, 0.2) is 18.3 Å². The molecule has 0 radical (unpaired) electrons. The Morgan fingerprint density at radius 2 is 2.27 bits per heavy atom. The summed E-state index contributed by atoms with van der Waals surface area (Å²) in [6, 6.07) is 0.193. The summed E-state index contributed by atoms with van der Waals surface area (Å²) in [4.78, 5) is 11.7. The molecule has 1 amide bonds. The third-order valence-corrected chi connectivity index (χ3v) is 2.42. The molecule has 0 aliphatic heterocycles. The second-order valence-electron chi connectivity index (χ2n) is 3.72. The van der Waals surface area contributed by atoms with E-state index in [4.69, 9.17) is 5.73 Å². The van der Waals surface area contributed by atoms with Crippen molar-refractivity contribution in [1.82, 2.24) is 15.1 Å². The summed E-state index contributed by atoms with van der Waals surface area (Å²) in [6.07, 6.45) is 7.53. The Balaban J connectivity index is 2.04. The van der Waals surface area contributed by atoms with E-state index in [1.54, 1.807) is 13.2 Å². The average Bonchev–Trinajstić information content (AvgIpc) is 2.75. The number of nitrogens with one attached hydrogen (secondary N) is 1. The number of hydrogen-bond acceptors (Lipinski definition) is 3. The van der Waals surface area contributed by atoms with E-state index in [0.29, 0.717) is 11.4 Å². The third kappa shape index (κ3) is 2.01. The fourth-order valence-corrected chi connectivity index (χ4v) is 1.67. The van der Waals surface area contributed by atoms with Crippen LogP contribution in [-0.2, 0) is 7.05 Å². The van der Waals surface area contributed by atoms with E-state index in [1.165, 1.54) is 4.68 Å². The van der Waals surface area contributed by atoms with Gasteiger partial charge in [-0.05, 0) is 12.8 Å². The number of rotatable bonds is 2. The van der Waals surface area contributed by atoms with Crippen molar-refractivity contribution in [2.45, 2.75) is 18.9 Å². The van der Waals surface area contributed by atoms with Gasteiger partial charge >= 0.3 is 0 Å². The van der Waals surface area contributed by atoms with Gasteiger partial charge in [-0.3, -0.25) is 9.48 Å². The van der Waals surface area contributed by atoms with E-state index in [2.05, 4.69) is 22.6 Å². The minimum atomic E-state index is -0.193. The Morgan fingerprint density at radius 1 is 1.60 bits per heavy atom. The molecule has 5 heteroatoms. The van der Waals surface area contributed by atoms with Gasteiger partial charge in [0.2, 0.25) is 0 Å². The first-order valence-corrected chi connectivity index (χ1v) is 4.92. The fourth-order valence-electron chi connectivity index (χ4n) is 1.67. The van der Waals surface area contributed by atoms with Crippen LogP contribution in [0.25, 0.3) is 0 Å². The molecule has 15 heavy (non-hydrogen) atoms. The van der Waals surface area contributed by atoms with Crippen LogP contribution in [0.3, 0.4) is 0 Å². The highest BCUT2D eigenvalue weighted by Gasteiger charge is 2.18. The minimum absolute atomic E-state index is 0.193. The lowest BCUT2D eigenvalue weighted by Crippen LogP contribution is -2.33. The van der Waals surface area contributed by atoms with E-state index >= 15 is 0 Å². The molecule has 1 aromatic rings. The van der Waals surface area contributed by atoms with Gasteiger partial charge in [0.25, 0.3) is 5.91 Å². The van der Waals surface area contributed by atoms with Crippen LogP contribution in [-0.4, -0.2) is 21.7 Å². The second-order valence-corrected chi connectivity index (χ2v) is 3.72. The first-order chi connectivity index (χ1) is 7.16. The third-order valence-electron chi connectivity index (χ3n) is 2.42. The van der Waals surface area contributed by atoms with Gasteiger partial charge in [0.15, 0.2) is 5.69 Å². The number of carbonyl (C=O) groups is 1. The lowest BCUT2D eigenvalue weighted by Gasteiger charge is -2.10. The van der Waals surface area contributed by atoms with E-state index in [0.717, 1.165) is 12.8 Å². The number of aromatic nitrogens is 2. The lowest BCUT2D eigenvalue weighted by molar-refractivity contribution is 0.0934. The topological polar surface area (TPSA) is 72.9 Å². The molecule has 1 aliphatic carbocycles. The molecule has 0 atom stereocenters. The second kappa shape index (κ2) is 3.76. The van der Waals surface area contributed by atoms with Crippen LogP contribution in [0.4, 0.5) is 5.69 Å². The molecular weight excluding hydrogens is 192 g/mol. The maximum atomic E-state index is 11.7. The van der Waals surface area contributed by atoms with Crippen LogP contribution >= 0.6 is 0 Å². The Hall–Kier alpha value is -1.78. The molecule has 2 rings (SSSR count). The summed E-state index contributed by atoms with van der Waals surface area (Å²) in [5.74, 6) is -0.193. The van der Waals surface area contributed by atoms with Crippen molar-refractivity contribution < 1.29 is 4.79 Å². The molecule has 0 fully saturated rings. The number of nitrogen functional groups attached to an aromatic ring is 1. The van der Waals surface area contributed by atoms with Crippen molar-refractivity contribution in [3.05, 3.63) is 24.0 Å². The first kappa shape index (κ1) is 9.76. The molecule has 80 valence electrons. The summed E-state index contributed by atoms with van der Waals surface area (Å²) >= 11 is 0.